The third-order valence-electron chi connectivity index (χ3n) is 4.23. The molecule has 0 aliphatic carbocycles. The zero-order valence-electron chi connectivity index (χ0n) is 15.0. The van der Waals surface area contributed by atoms with Gasteiger partial charge in [-0.3, -0.25) is 4.79 Å². The highest BCUT2D eigenvalue weighted by Gasteiger charge is 2.04. The van der Waals surface area contributed by atoms with Gasteiger partial charge >= 0.3 is 0 Å². The molecule has 0 radical (unpaired) electrons. The normalized spacial score (nSPS) is 10.8. The van der Waals surface area contributed by atoms with Gasteiger partial charge in [-0.25, -0.2) is 0 Å². The van der Waals surface area contributed by atoms with E-state index in [0.717, 1.165) is 25.1 Å². The average Bonchev–Trinajstić information content (AvgIpc) is 2.59. The molecule has 3 nitrogen and oxygen atoms in total. The molecular weight excluding hydrogens is 296 g/mol. The van der Waals surface area contributed by atoms with Crippen LogP contribution in [0, 0.1) is 6.92 Å². The SMILES string of the molecule is CCN(C)Cc1cccc(CNC(=O)CCc2ccc(C)cc2)c1. The molecule has 128 valence electrons. The van der Waals surface area contributed by atoms with Crippen LogP contribution in [0.1, 0.15) is 35.6 Å². The molecule has 2 rings (SSSR count). The summed E-state index contributed by atoms with van der Waals surface area (Å²) in [6.45, 7) is 6.78. The quantitative estimate of drug-likeness (QED) is 0.803. The molecule has 0 saturated heterocycles. The summed E-state index contributed by atoms with van der Waals surface area (Å²) < 4.78 is 0. The van der Waals surface area contributed by atoms with E-state index in [1.165, 1.54) is 16.7 Å². The number of aryl methyl sites for hydroxylation is 2. The fraction of sp³-hybridized carbons (Fsp3) is 0.381. The summed E-state index contributed by atoms with van der Waals surface area (Å²) in [5.74, 6) is 0.103. The molecule has 0 aliphatic rings. The molecule has 1 N–H and O–H groups in total. The summed E-state index contributed by atoms with van der Waals surface area (Å²) in [5.41, 5.74) is 4.89. The van der Waals surface area contributed by atoms with Crippen molar-refractivity contribution in [2.75, 3.05) is 13.6 Å². The molecular formula is C21H28N2O. The van der Waals surface area contributed by atoms with E-state index >= 15 is 0 Å². The minimum absolute atomic E-state index is 0.103. The van der Waals surface area contributed by atoms with Crippen molar-refractivity contribution in [1.29, 1.82) is 0 Å². The van der Waals surface area contributed by atoms with Crippen LogP contribution in [0.4, 0.5) is 0 Å². The van der Waals surface area contributed by atoms with Crippen LogP contribution in [0.25, 0.3) is 0 Å². The Morgan fingerprint density at radius 2 is 1.75 bits per heavy atom. The zero-order chi connectivity index (χ0) is 17.4. The monoisotopic (exact) mass is 324 g/mol. The molecule has 2 aromatic rings. The van der Waals surface area contributed by atoms with E-state index in [4.69, 9.17) is 0 Å². The van der Waals surface area contributed by atoms with Gasteiger partial charge in [0.1, 0.15) is 0 Å². The van der Waals surface area contributed by atoms with Crippen molar-refractivity contribution in [3.05, 3.63) is 70.8 Å². The van der Waals surface area contributed by atoms with E-state index < -0.39 is 0 Å². The van der Waals surface area contributed by atoms with Crippen LogP contribution in [0.5, 0.6) is 0 Å². The molecule has 0 spiro atoms. The number of hydrogen-bond acceptors (Lipinski definition) is 2. The Bertz CT molecular complexity index is 649. The number of rotatable bonds is 8. The lowest BCUT2D eigenvalue weighted by Gasteiger charge is -2.14. The third kappa shape index (κ3) is 6.17. The van der Waals surface area contributed by atoms with Crippen LogP contribution in [0.3, 0.4) is 0 Å². The van der Waals surface area contributed by atoms with E-state index in [-0.39, 0.29) is 5.91 Å². The van der Waals surface area contributed by atoms with Gasteiger partial charge in [-0.1, -0.05) is 61.0 Å². The van der Waals surface area contributed by atoms with Crippen LogP contribution >= 0.6 is 0 Å². The number of nitrogens with one attached hydrogen (secondary N) is 1. The lowest BCUT2D eigenvalue weighted by Crippen LogP contribution is -2.23. The van der Waals surface area contributed by atoms with Crippen LogP contribution in [0.15, 0.2) is 48.5 Å². The Morgan fingerprint density at radius 3 is 2.46 bits per heavy atom. The summed E-state index contributed by atoms with van der Waals surface area (Å²) in [6.07, 6.45) is 1.31. The highest BCUT2D eigenvalue weighted by molar-refractivity contribution is 5.76. The van der Waals surface area contributed by atoms with Crippen molar-refractivity contribution >= 4 is 5.91 Å². The predicted molar refractivity (Wildman–Crippen MR) is 99.8 cm³/mol. The third-order valence-corrected chi connectivity index (χ3v) is 4.23. The second-order valence-electron chi connectivity index (χ2n) is 6.41. The summed E-state index contributed by atoms with van der Waals surface area (Å²) >= 11 is 0. The van der Waals surface area contributed by atoms with E-state index in [2.05, 4.69) is 79.6 Å². The molecule has 0 fully saturated rings. The maximum absolute atomic E-state index is 12.0. The van der Waals surface area contributed by atoms with E-state index in [9.17, 15) is 4.79 Å². The first-order valence-electron chi connectivity index (χ1n) is 8.65. The maximum Gasteiger partial charge on any atom is 0.220 e. The van der Waals surface area contributed by atoms with Crippen molar-refractivity contribution < 1.29 is 4.79 Å². The van der Waals surface area contributed by atoms with Crippen molar-refractivity contribution in [2.24, 2.45) is 0 Å². The van der Waals surface area contributed by atoms with Gasteiger partial charge in [0.15, 0.2) is 0 Å². The number of carbonyl (C=O) groups excluding carboxylic acids is 1. The first-order chi connectivity index (χ1) is 11.6. The van der Waals surface area contributed by atoms with Crippen molar-refractivity contribution in [2.45, 2.75) is 39.8 Å². The number of carbonyl (C=O) groups is 1. The predicted octanol–water partition coefficient (Wildman–Crippen LogP) is 3.70. The van der Waals surface area contributed by atoms with E-state index in [1.54, 1.807) is 0 Å². The second kappa shape index (κ2) is 9.24. The molecule has 0 atom stereocenters. The average molecular weight is 324 g/mol. The Labute approximate surface area is 145 Å². The Hall–Kier alpha value is -2.13. The number of nitrogens with zero attached hydrogens (tertiary/aromatic N) is 1. The van der Waals surface area contributed by atoms with Gasteiger partial charge in [-0.15, -0.1) is 0 Å². The van der Waals surface area contributed by atoms with Gasteiger partial charge in [0.05, 0.1) is 0 Å². The summed E-state index contributed by atoms with van der Waals surface area (Å²) in [4.78, 5) is 14.3. The van der Waals surface area contributed by atoms with Crippen molar-refractivity contribution in [3.8, 4) is 0 Å². The van der Waals surface area contributed by atoms with Gasteiger partial charge in [-0.2, -0.15) is 0 Å². The lowest BCUT2D eigenvalue weighted by atomic mass is 10.1. The van der Waals surface area contributed by atoms with Crippen molar-refractivity contribution in [1.82, 2.24) is 10.2 Å². The van der Waals surface area contributed by atoms with Gasteiger partial charge < -0.3 is 10.2 Å². The molecule has 0 heterocycles. The molecule has 0 aromatic heterocycles. The smallest absolute Gasteiger partial charge is 0.220 e. The minimum Gasteiger partial charge on any atom is -0.352 e. The van der Waals surface area contributed by atoms with Crippen molar-refractivity contribution in [3.63, 3.8) is 0 Å². The molecule has 24 heavy (non-hydrogen) atoms. The highest BCUT2D eigenvalue weighted by atomic mass is 16.1. The Balaban J connectivity index is 1.78. The zero-order valence-corrected chi connectivity index (χ0v) is 15.0. The second-order valence-corrected chi connectivity index (χ2v) is 6.41. The van der Waals surface area contributed by atoms with Crippen LogP contribution in [-0.4, -0.2) is 24.4 Å². The van der Waals surface area contributed by atoms with Gasteiger partial charge in [-0.05, 0) is 43.6 Å². The number of benzene rings is 2. The standard InChI is InChI=1S/C21H28N2O/c1-4-23(3)16-20-7-5-6-19(14-20)15-22-21(24)13-12-18-10-8-17(2)9-11-18/h5-11,14H,4,12-13,15-16H2,1-3H3,(H,22,24). The molecule has 1 amide bonds. The van der Waals surface area contributed by atoms with Crippen LogP contribution < -0.4 is 5.32 Å². The molecule has 0 saturated carbocycles. The minimum atomic E-state index is 0.103. The van der Waals surface area contributed by atoms with Gasteiger partial charge in [0, 0.05) is 19.5 Å². The Kier molecular flexibility index (Phi) is 7.01. The fourth-order valence-electron chi connectivity index (χ4n) is 2.56. The Morgan fingerprint density at radius 1 is 1.04 bits per heavy atom. The molecule has 0 bridgehead atoms. The highest BCUT2D eigenvalue weighted by Crippen LogP contribution is 2.08. The topological polar surface area (TPSA) is 32.3 Å². The van der Waals surface area contributed by atoms with E-state index in [1.807, 2.05) is 0 Å². The van der Waals surface area contributed by atoms with Crippen LogP contribution in [-0.2, 0) is 24.3 Å². The molecule has 0 aliphatic heterocycles. The van der Waals surface area contributed by atoms with Gasteiger partial charge in [0.25, 0.3) is 0 Å². The first-order valence-corrected chi connectivity index (χ1v) is 8.65. The van der Waals surface area contributed by atoms with E-state index in [0.29, 0.717) is 13.0 Å². The molecule has 0 unspecified atom stereocenters. The summed E-state index contributed by atoms with van der Waals surface area (Å²) in [6, 6.07) is 16.8. The first kappa shape index (κ1) is 18.2. The summed E-state index contributed by atoms with van der Waals surface area (Å²) in [7, 11) is 2.11. The van der Waals surface area contributed by atoms with Gasteiger partial charge in [0.2, 0.25) is 5.91 Å². The number of hydrogen-bond donors (Lipinski definition) is 1. The summed E-state index contributed by atoms with van der Waals surface area (Å²) in [5, 5.41) is 3.02. The fourth-order valence-corrected chi connectivity index (χ4v) is 2.56. The van der Waals surface area contributed by atoms with Crippen LogP contribution in [0.2, 0.25) is 0 Å². The number of amides is 1. The molecule has 2 aromatic carbocycles. The molecule has 3 heteroatoms. The maximum atomic E-state index is 12.0. The largest absolute Gasteiger partial charge is 0.352 e. The lowest BCUT2D eigenvalue weighted by molar-refractivity contribution is -0.121.